The zero-order chi connectivity index (χ0) is 12.3. The Balaban J connectivity index is 1.87. The molecule has 1 heterocycles. The number of hydrogen-bond donors (Lipinski definition) is 1. The standard InChI is InChI=1S/C12H14N2O2S/c13-9-3-5-10(6-4-9)17-8-12(16)14-7-1-2-11(14)15/h3-6H,1-2,7-8,13H2. The van der Waals surface area contributed by atoms with Gasteiger partial charge in [-0.3, -0.25) is 14.5 Å². The van der Waals surface area contributed by atoms with Gasteiger partial charge in [0.15, 0.2) is 0 Å². The van der Waals surface area contributed by atoms with Crippen molar-refractivity contribution in [2.75, 3.05) is 18.0 Å². The summed E-state index contributed by atoms with van der Waals surface area (Å²) < 4.78 is 0. The topological polar surface area (TPSA) is 63.4 Å². The predicted octanol–water partition coefficient (Wildman–Crippen LogP) is 1.51. The maximum absolute atomic E-state index is 11.8. The highest BCUT2D eigenvalue weighted by Gasteiger charge is 2.25. The molecule has 5 heteroatoms. The number of amides is 2. The molecule has 0 atom stereocenters. The molecule has 2 N–H and O–H groups in total. The van der Waals surface area contributed by atoms with Gasteiger partial charge in [0.25, 0.3) is 0 Å². The molecule has 0 radical (unpaired) electrons. The number of hydrogen-bond acceptors (Lipinski definition) is 4. The van der Waals surface area contributed by atoms with E-state index in [1.54, 1.807) is 12.1 Å². The third kappa shape index (κ3) is 3.00. The van der Waals surface area contributed by atoms with E-state index in [4.69, 9.17) is 5.73 Å². The van der Waals surface area contributed by atoms with Gasteiger partial charge in [-0.1, -0.05) is 0 Å². The minimum absolute atomic E-state index is 0.0482. The average Bonchev–Trinajstić information content (AvgIpc) is 2.74. The van der Waals surface area contributed by atoms with Gasteiger partial charge in [0.1, 0.15) is 0 Å². The largest absolute Gasteiger partial charge is 0.399 e. The molecule has 0 aliphatic carbocycles. The van der Waals surface area contributed by atoms with Crippen LogP contribution in [0, 0.1) is 0 Å². The fourth-order valence-electron chi connectivity index (χ4n) is 1.70. The minimum atomic E-state index is -0.102. The summed E-state index contributed by atoms with van der Waals surface area (Å²) in [6, 6.07) is 7.35. The number of nitrogen functional groups attached to an aromatic ring is 1. The van der Waals surface area contributed by atoms with Crippen molar-refractivity contribution in [2.45, 2.75) is 17.7 Å². The fourth-order valence-corrected chi connectivity index (χ4v) is 2.47. The molecule has 1 saturated heterocycles. The number of thioether (sulfide) groups is 1. The van der Waals surface area contributed by atoms with Crippen LogP contribution >= 0.6 is 11.8 Å². The van der Waals surface area contributed by atoms with E-state index in [1.807, 2.05) is 12.1 Å². The summed E-state index contributed by atoms with van der Waals surface area (Å²) in [6.07, 6.45) is 1.29. The third-order valence-corrected chi connectivity index (χ3v) is 3.61. The number of anilines is 1. The van der Waals surface area contributed by atoms with E-state index in [2.05, 4.69) is 0 Å². The number of nitrogens with zero attached hydrogens (tertiary/aromatic N) is 1. The Morgan fingerprint density at radius 3 is 2.65 bits per heavy atom. The second-order valence-corrected chi connectivity index (χ2v) is 4.95. The lowest BCUT2D eigenvalue weighted by Crippen LogP contribution is -2.33. The van der Waals surface area contributed by atoms with Crippen molar-refractivity contribution in [2.24, 2.45) is 0 Å². The first-order valence-electron chi connectivity index (χ1n) is 5.48. The van der Waals surface area contributed by atoms with Crippen LogP contribution in [0.4, 0.5) is 5.69 Å². The highest BCUT2D eigenvalue weighted by molar-refractivity contribution is 8.00. The number of carbonyl (C=O) groups excluding carboxylic acids is 2. The second kappa shape index (κ2) is 5.23. The second-order valence-electron chi connectivity index (χ2n) is 3.90. The molecule has 1 fully saturated rings. The van der Waals surface area contributed by atoms with Crippen LogP contribution in [0.15, 0.2) is 29.2 Å². The Morgan fingerprint density at radius 1 is 1.35 bits per heavy atom. The van der Waals surface area contributed by atoms with Crippen LogP contribution in [0.25, 0.3) is 0 Å². The van der Waals surface area contributed by atoms with E-state index in [-0.39, 0.29) is 11.8 Å². The molecular weight excluding hydrogens is 236 g/mol. The Kier molecular flexibility index (Phi) is 3.68. The molecule has 2 rings (SSSR count). The molecular formula is C12H14N2O2S. The number of rotatable bonds is 3. The van der Waals surface area contributed by atoms with Crippen molar-refractivity contribution in [1.29, 1.82) is 0 Å². The first-order chi connectivity index (χ1) is 8.16. The SMILES string of the molecule is Nc1ccc(SCC(=O)N2CCCC2=O)cc1. The van der Waals surface area contributed by atoms with Crippen molar-refractivity contribution in [1.82, 2.24) is 4.90 Å². The molecule has 90 valence electrons. The third-order valence-electron chi connectivity index (χ3n) is 2.62. The Hall–Kier alpha value is -1.49. The van der Waals surface area contributed by atoms with Gasteiger partial charge in [-0.05, 0) is 30.7 Å². The van der Waals surface area contributed by atoms with Gasteiger partial charge < -0.3 is 5.73 Å². The highest BCUT2D eigenvalue weighted by Crippen LogP contribution is 2.20. The first kappa shape index (κ1) is 12.0. The van der Waals surface area contributed by atoms with Crippen molar-refractivity contribution in [3.63, 3.8) is 0 Å². The lowest BCUT2D eigenvalue weighted by atomic mass is 10.3. The van der Waals surface area contributed by atoms with Crippen LogP contribution in [0.3, 0.4) is 0 Å². The smallest absolute Gasteiger partial charge is 0.239 e. The average molecular weight is 250 g/mol. The molecule has 1 aromatic rings. The zero-order valence-electron chi connectivity index (χ0n) is 9.39. The minimum Gasteiger partial charge on any atom is -0.399 e. The molecule has 1 aromatic carbocycles. The monoisotopic (exact) mass is 250 g/mol. The van der Waals surface area contributed by atoms with Crippen LogP contribution < -0.4 is 5.73 Å². The maximum Gasteiger partial charge on any atom is 0.239 e. The fraction of sp³-hybridized carbons (Fsp3) is 0.333. The van der Waals surface area contributed by atoms with Crippen LogP contribution in [-0.4, -0.2) is 29.0 Å². The van der Waals surface area contributed by atoms with Gasteiger partial charge >= 0.3 is 0 Å². The van der Waals surface area contributed by atoms with E-state index in [9.17, 15) is 9.59 Å². The van der Waals surface area contributed by atoms with Crippen molar-refractivity contribution in [3.8, 4) is 0 Å². The van der Waals surface area contributed by atoms with Crippen LogP contribution in [0.2, 0.25) is 0 Å². The molecule has 2 amide bonds. The summed E-state index contributed by atoms with van der Waals surface area (Å²) in [5.74, 6) is 0.151. The maximum atomic E-state index is 11.8. The van der Waals surface area contributed by atoms with Crippen LogP contribution in [-0.2, 0) is 9.59 Å². The lowest BCUT2D eigenvalue weighted by Gasteiger charge is -2.12. The molecule has 0 saturated carbocycles. The molecule has 1 aliphatic rings. The summed E-state index contributed by atoms with van der Waals surface area (Å²) >= 11 is 1.43. The van der Waals surface area contributed by atoms with Gasteiger partial charge in [0, 0.05) is 23.5 Å². The van der Waals surface area contributed by atoms with E-state index < -0.39 is 0 Å². The quantitative estimate of drug-likeness (QED) is 0.652. The van der Waals surface area contributed by atoms with E-state index in [0.29, 0.717) is 24.4 Å². The molecule has 1 aliphatic heterocycles. The van der Waals surface area contributed by atoms with Crippen molar-refractivity contribution >= 4 is 29.3 Å². The number of benzene rings is 1. The summed E-state index contributed by atoms with van der Waals surface area (Å²) in [7, 11) is 0. The number of likely N-dealkylation sites (tertiary alicyclic amines) is 1. The summed E-state index contributed by atoms with van der Waals surface area (Å²) in [6.45, 7) is 0.569. The van der Waals surface area contributed by atoms with Crippen molar-refractivity contribution in [3.05, 3.63) is 24.3 Å². The van der Waals surface area contributed by atoms with Gasteiger partial charge in [-0.2, -0.15) is 0 Å². The normalized spacial score (nSPS) is 15.3. The van der Waals surface area contributed by atoms with Crippen molar-refractivity contribution < 1.29 is 9.59 Å². The van der Waals surface area contributed by atoms with Gasteiger partial charge in [0.05, 0.1) is 5.75 Å². The summed E-state index contributed by atoms with van der Waals surface area (Å²) in [4.78, 5) is 25.4. The number of nitrogens with two attached hydrogens (primary N) is 1. The number of carbonyl (C=O) groups is 2. The summed E-state index contributed by atoms with van der Waals surface area (Å²) in [5.41, 5.74) is 6.28. The first-order valence-corrected chi connectivity index (χ1v) is 6.47. The molecule has 0 unspecified atom stereocenters. The van der Waals surface area contributed by atoms with E-state index in [0.717, 1.165) is 11.3 Å². The Bertz CT molecular complexity index is 431. The van der Waals surface area contributed by atoms with Gasteiger partial charge in [0.2, 0.25) is 11.8 Å². The zero-order valence-corrected chi connectivity index (χ0v) is 10.2. The predicted molar refractivity (Wildman–Crippen MR) is 67.5 cm³/mol. The lowest BCUT2D eigenvalue weighted by molar-refractivity contribution is -0.140. The van der Waals surface area contributed by atoms with Gasteiger partial charge in [-0.15, -0.1) is 11.8 Å². The Morgan fingerprint density at radius 2 is 2.06 bits per heavy atom. The van der Waals surface area contributed by atoms with Gasteiger partial charge in [-0.25, -0.2) is 0 Å². The molecule has 0 spiro atoms. The summed E-state index contributed by atoms with van der Waals surface area (Å²) in [5, 5.41) is 0. The molecule has 0 aromatic heterocycles. The molecule has 17 heavy (non-hydrogen) atoms. The molecule has 0 bridgehead atoms. The molecule has 4 nitrogen and oxygen atoms in total. The van der Waals surface area contributed by atoms with Crippen LogP contribution in [0.5, 0.6) is 0 Å². The Labute approximate surface area is 104 Å². The van der Waals surface area contributed by atoms with E-state index >= 15 is 0 Å². The van der Waals surface area contributed by atoms with Crippen LogP contribution in [0.1, 0.15) is 12.8 Å². The number of imide groups is 1. The van der Waals surface area contributed by atoms with E-state index in [1.165, 1.54) is 16.7 Å². The highest BCUT2D eigenvalue weighted by atomic mass is 32.2.